The standard InChI is InChI=1S/C20H27FN4O2S/c1-4-23-20(25-13-17-8-9-19(21)15(2)10-17)24-12-16-6-5-7-18(11-16)14-28(26,27)22-3/h5-11,22H,4,12-14H2,1-3H3,(H2,23,24,25). The van der Waals surface area contributed by atoms with Gasteiger partial charge in [0.1, 0.15) is 5.82 Å². The van der Waals surface area contributed by atoms with Crippen LogP contribution in [-0.4, -0.2) is 28.0 Å². The second kappa shape index (κ2) is 10.2. The lowest BCUT2D eigenvalue weighted by atomic mass is 10.1. The molecular formula is C20H27FN4O2S. The molecule has 0 unspecified atom stereocenters. The summed E-state index contributed by atoms with van der Waals surface area (Å²) < 4.78 is 39.1. The molecule has 0 spiro atoms. The predicted molar refractivity (Wildman–Crippen MR) is 111 cm³/mol. The van der Waals surface area contributed by atoms with Crippen LogP contribution in [0.5, 0.6) is 0 Å². The summed E-state index contributed by atoms with van der Waals surface area (Å²) in [6, 6.07) is 12.4. The van der Waals surface area contributed by atoms with Gasteiger partial charge in [0, 0.05) is 13.1 Å². The number of sulfonamides is 1. The summed E-state index contributed by atoms with van der Waals surface area (Å²) in [4.78, 5) is 4.55. The van der Waals surface area contributed by atoms with Crippen molar-refractivity contribution in [3.63, 3.8) is 0 Å². The number of nitrogens with zero attached hydrogens (tertiary/aromatic N) is 1. The fourth-order valence-corrected chi connectivity index (χ4v) is 3.39. The third kappa shape index (κ3) is 6.94. The minimum atomic E-state index is -3.31. The highest BCUT2D eigenvalue weighted by Gasteiger charge is 2.09. The Morgan fingerprint density at radius 2 is 1.82 bits per heavy atom. The molecule has 28 heavy (non-hydrogen) atoms. The van der Waals surface area contributed by atoms with Crippen molar-refractivity contribution in [1.29, 1.82) is 0 Å². The zero-order chi connectivity index (χ0) is 20.6. The van der Waals surface area contributed by atoms with Crippen molar-refractivity contribution in [3.8, 4) is 0 Å². The highest BCUT2D eigenvalue weighted by atomic mass is 32.2. The summed E-state index contributed by atoms with van der Waals surface area (Å²) in [6.45, 7) is 5.34. The van der Waals surface area contributed by atoms with Gasteiger partial charge in [0.05, 0.1) is 12.3 Å². The second-order valence-electron chi connectivity index (χ2n) is 6.42. The van der Waals surface area contributed by atoms with Crippen LogP contribution in [-0.2, 0) is 28.9 Å². The quantitative estimate of drug-likeness (QED) is 0.465. The second-order valence-corrected chi connectivity index (χ2v) is 8.34. The van der Waals surface area contributed by atoms with E-state index in [1.165, 1.54) is 13.1 Å². The Hall–Kier alpha value is -2.45. The number of guanidine groups is 1. The average molecular weight is 407 g/mol. The van der Waals surface area contributed by atoms with Crippen LogP contribution in [0, 0.1) is 12.7 Å². The van der Waals surface area contributed by atoms with Crippen LogP contribution in [0.25, 0.3) is 0 Å². The molecule has 0 aromatic heterocycles. The van der Waals surface area contributed by atoms with Gasteiger partial charge in [0.2, 0.25) is 10.0 Å². The monoisotopic (exact) mass is 406 g/mol. The average Bonchev–Trinajstić information content (AvgIpc) is 2.66. The largest absolute Gasteiger partial charge is 0.357 e. The van der Waals surface area contributed by atoms with Crippen molar-refractivity contribution in [3.05, 3.63) is 70.5 Å². The van der Waals surface area contributed by atoms with E-state index in [2.05, 4.69) is 20.3 Å². The zero-order valence-corrected chi connectivity index (χ0v) is 17.2. The lowest BCUT2D eigenvalue weighted by Gasteiger charge is -2.12. The first kappa shape index (κ1) is 21.8. The third-order valence-corrected chi connectivity index (χ3v) is 5.44. The number of halogens is 1. The van der Waals surface area contributed by atoms with E-state index in [4.69, 9.17) is 0 Å². The molecule has 0 aliphatic carbocycles. The van der Waals surface area contributed by atoms with E-state index in [-0.39, 0.29) is 11.6 Å². The molecule has 0 saturated heterocycles. The van der Waals surface area contributed by atoms with Gasteiger partial charge in [0.15, 0.2) is 5.96 Å². The lowest BCUT2D eigenvalue weighted by molar-refractivity contribution is 0.587. The third-order valence-electron chi connectivity index (χ3n) is 4.11. The van der Waals surface area contributed by atoms with Gasteiger partial charge >= 0.3 is 0 Å². The summed E-state index contributed by atoms with van der Waals surface area (Å²) in [5.41, 5.74) is 3.19. The molecule has 2 rings (SSSR count). The van der Waals surface area contributed by atoms with Crippen LogP contribution in [0.4, 0.5) is 4.39 Å². The summed E-state index contributed by atoms with van der Waals surface area (Å²) in [7, 11) is -1.91. The molecule has 0 aliphatic rings. The van der Waals surface area contributed by atoms with Crippen LogP contribution in [0.15, 0.2) is 47.5 Å². The zero-order valence-electron chi connectivity index (χ0n) is 16.4. The number of hydrogen-bond acceptors (Lipinski definition) is 3. The van der Waals surface area contributed by atoms with E-state index >= 15 is 0 Å². The Labute approximate surface area is 166 Å². The van der Waals surface area contributed by atoms with Gasteiger partial charge in [-0.15, -0.1) is 0 Å². The molecule has 0 amide bonds. The molecule has 2 aromatic rings. The Bertz CT molecular complexity index is 930. The molecule has 0 atom stereocenters. The molecule has 2 aromatic carbocycles. The van der Waals surface area contributed by atoms with Gasteiger partial charge in [-0.25, -0.2) is 22.5 Å². The summed E-state index contributed by atoms with van der Waals surface area (Å²) in [6.07, 6.45) is 0. The van der Waals surface area contributed by atoms with E-state index < -0.39 is 10.0 Å². The van der Waals surface area contributed by atoms with Gasteiger partial charge in [-0.05, 0) is 49.2 Å². The maximum Gasteiger partial charge on any atom is 0.215 e. The summed E-state index contributed by atoms with van der Waals surface area (Å²) >= 11 is 0. The fourth-order valence-electron chi connectivity index (χ4n) is 2.62. The van der Waals surface area contributed by atoms with E-state index in [9.17, 15) is 12.8 Å². The van der Waals surface area contributed by atoms with Crippen LogP contribution in [0.3, 0.4) is 0 Å². The first-order valence-electron chi connectivity index (χ1n) is 9.09. The molecular weight excluding hydrogens is 379 g/mol. The van der Waals surface area contributed by atoms with Gasteiger partial charge in [-0.1, -0.05) is 36.4 Å². The van der Waals surface area contributed by atoms with Crippen LogP contribution < -0.4 is 15.4 Å². The van der Waals surface area contributed by atoms with Crippen molar-refractivity contribution < 1.29 is 12.8 Å². The molecule has 0 fully saturated rings. The smallest absolute Gasteiger partial charge is 0.215 e. The van der Waals surface area contributed by atoms with Crippen molar-refractivity contribution in [2.45, 2.75) is 32.7 Å². The van der Waals surface area contributed by atoms with Crippen molar-refractivity contribution in [1.82, 2.24) is 15.4 Å². The first-order chi connectivity index (χ1) is 13.3. The topological polar surface area (TPSA) is 82.6 Å². The molecule has 6 nitrogen and oxygen atoms in total. The van der Waals surface area contributed by atoms with Crippen LogP contribution >= 0.6 is 0 Å². The molecule has 0 bridgehead atoms. The molecule has 3 N–H and O–H groups in total. The van der Waals surface area contributed by atoms with Crippen molar-refractivity contribution in [2.75, 3.05) is 13.6 Å². The Morgan fingerprint density at radius 3 is 2.50 bits per heavy atom. The van der Waals surface area contributed by atoms with Crippen LogP contribution in [0.1, 0.15) is 29.2 Å². The number of nitrogens with one attached hydrogen (secondary N) is 3. The minimum Gasteiger partial charge on any atom is -0.357 e. The lowest BCUT2D eigenvalue weighted by Crippen LogP contribution is -2.36. The van der Waals surface area contributed by atoms with E-state index in [1.807, 2.05) is 25.1 Å². The Balaban J connectivity index is 2.04. The number of rotatable bonds is 8. The molecule has 0 radical (unpaired) electrons. The Morgan fingerprint density at radius 1 is 1.07 bits per heavy atom. The SMILES string of the molecule is CCNC(=NCc1cccc(CS(=O)(=O)NC)c1)NCc1ccc(F)c(C)c1. The molecule has 0 saturated carbocycles. The highest BCUT2D eigenvalue weighted by molar-refractivity contribution is 7.88. The molecule has 8 heteroatoms. The minimum absolute atomic E-state index is 0.0662. The van der Waals surface area contributed by atoms with Gasteiger partial charge < -0.3 is 10.6 Å². The number of aryl methyl sites for hydroxylation is 1. The highest BCUT2D eigenvalue weighted by Crippen LogP contribution is 2.10. The molecule has 0 heterocycles. The van der Waals surface area contributed by atoms with Crippen LogP contribution in [0.2, 0.25) is 0 Å². The van der Waals surface area contributed by atoms with Crippen molar-refractivity contribution in [2.24, 2.45) is 4.99 Å². The molecule has 152 valence electrons. The van der Waals surface area contributed by atoms with E-state index in [0.29, 0.717) is 36.7 Å². The number of aliphatic imine (C=N–C) groups is 1. The summed E-state index contributed by atoms with van der Waals surface area (Å²) in [5.74, 6) is 0.353. The van der Waals surface area contributed by atoms with Gasteiger partial charge in [-0.3, -0.25) is 0 Å². The van der Waals surface area contributed by atoms with Gasteiger partial charge in [0.25, 0.3) is 0 Å². The van der Waals surface area contributed by atoms with Crippen molar-refractivity contribution >= 4 is 16.0 Å². The summed E-state index contributed by atoms with van der Waals surface area (Å²) in [5, 5.41) is 6.40. The van der Waals surface area contributed by atoms with E-state index in [1.54, 1.807) is 25.1 Å². The fraction of sp³-hybridized carbons (Fsp3) is 0.350. The Kier molecular flexibility index (Phi) is 7.95. The van der Waals surface area contributed by atoms with Gasteiger partial charge in [-0.2, -0.15) is 0 Å². The maximum absolute atomic E-state index is 13.4. The number of hydrogen-bond donors (Lipinski definition) is 3. The predicted octanol–water partition coefficient (Wildman–Crippen LogP) is 2.44. The van der Waals surface area contributed by atoms with E-state index in [0.717, 1.165) is 11.1 Å². The first-order valence-corrected chi connectivity index (χ1v) is 10.7. The molecule has 0 aliphatic heterocycles. The maximum atomic E-state index is 13.4. The normalized spacial score (nSPS) is 12.1. The number of benzene rings is 2.